The van der Waals surface area contributed by atoms with Crippen LogP contribution in [0.2, 0.25) is 5.02 Å². The number of ether oxygens (including phenoxy) is 1. The predicted octanol–water partition coefficient (Wildman–Crippen LogP) is 4.85. The van der Waals surface area contributed by atoms with E-state index in [1.54, 1.807) is 12.1 Å². The van der Waals surface area contributed by atoms with Crippen LogP contribution in [0, 0.1) is 0 Å². The normalized spacial score (nSPS) is 19.3. The minimum absolute atomic E-state index is 0.312. The molecule has 30 heavy (non-hydrogen) atoms. The largest absolute Gasteiger partial charge is 0.493 e. The Balaban J connectivity index is 1.27. The summed E-state index contributed by atoms with van der Waals surface area (Å²) in [5.41, 5.74) is 3.71. The van der Waals surface area contributed by atoms with Crippen molar-refractivity contribution in [1.82, 2.24) is 4.90 Å². The molecule has 0 radical (unpaired) electrons. The molecule has 0 aliphatic carbocycles. The highest BCUT2D eigenvalue weighted by atomic mass is 35.5. The van der Waals surface area contributed by atoms with Gasteiger partial charge in [0.25, 0.3) is 0 Å². The van der Waals surface area contributed by atoms with Gasteiger partial charge in [0.2, 0.25) is 0 Å². The van der Waals surface area contributed by atoms with E-state index in [1.807, 2.05) is 6.07 Å². The van der Waals surface area contributed by atoms with Gasteiger partial charge < -0.3 is 14.5 Å². The fraction of sp³-hybridized carbons (Fsp3) is 0.375. The van der Waals surface area contributed by atoms with E-state index in [0.717, 1.165) is 68.7 Å². The average molecular weight is 425 g/mol. The van der Waals surface area contributed by atoms with Gasteiger partial charge in [0.1, 0.15) is 11.3 Å². The Morgan fingerprint density at radius 2 is 2.03 bits per heavy atom. The zero-order chi connectivity index (χ0) is 20.5. The Labute approximate surface area is 180 Å². The van der Waals surface area contributed by atoms with Gasteiger partial charge in [-0.15, -0.1) is 0 Å². The molecule has 0 amide bonds. The number of likely N-dealkylation sites (tertiary alicyclic amines) is 1. The van der Waals surface area contributed by atoms with Crippen LogP contribution in [-0.4, -0.2) is 30.6 Å². The van der Waals surface area contributed by atoms with Gasteiger partial charge in [-0.1, -0.05) is 23.7 Å². The summed E-state index contributed by atoms with van der Waals surface area (Å²) in [5.74, 6) is 1.04. The van der Waals surface area contributed by atoms with Crippen LogP contribution in [0.15, 0.2) is 51.7 Å². The average Bonchev–Trinajstić information content (AvgIpc) is 3.09. The van der Waals surface area contributed by atoms with Gasteiger partial charge in [-0.05, 0) is 61.2 Å². The first-order chi connectivity index (χ1) is 14.6. The number of nitrogens with zero attached hydrogens (tertiary/aromatic N) is 1. The van der Waals surface area contributed by atoms with Crippen LogP contribution >= 0.6 is 11.6 Å². The molecule has 3 aromatic rings. The maximum absolute atomic E-state index is 12.0. The number of rotatable bonds is 4. The molecule has 156 valence electrons. The van der Waals surface area contributed by atoms with Gasteiger partial charge in [0.05, 0.1) is 12.3 Å². The van der Waals surface area contributed by atoms with Crippen LogP contribution in [0.5, 0.6) is 5.75 Å². The number of hydrogen-bond donors (Lipinski definition) is 1. The maximum atomic E-state index is 12.0. The van der Waals surface area contributed by atoms with Crippen molar-refractivity contribution in [2.45, 2.75) is 38.3 Å². The van der Waals surface area contributed by atoms with Crippen molar-refractivity contribution in [3.8, 4) is 5.75 Å². The third-order valence-electron chi connectivity index (χ3n) is 6.04. The summed E-state index contributed by atoms with van der Waals surface area (Å²) in [6.07, 6.45) is 4.22. The van der Waals surface area contributed by atoms with E-state index in [4.69, 9.17) is 20.8 Å². The van der Waals surface area contributed by atoms with E-state index in [1.165, 1.54) is 17.2 Å². The first-order valence-electron chi connectivity index (χ1n) is 10.6. The standard InChI is InChI=1S/C24H25ClN2O3/c25-18-4-6-23-20(13-18)21(14-24(28)30-23)26-19-2-1-9-27(10-7-19)15-16-3-5-22-17(12-16)8-11-29-22/h3-6,12-14,19,26H,1-2,7-11,15H2. The van der Waals surface area contributed by atoms with Crippen molar-refractivity contribution in [3.63, 3.8) is 0 Å². The Morgan fingerprint density at radius 1 is 1.10 bits per heavy atom. The second-order valence-electron chi connectivity index (χ2n) is 8.21. The Kier molecular flexibility index (Phi) is 5.40. The molecule has 1 unspecified atom stereocenters. The minimum atomic E-state index is -0.344. The van der Waals surface area contributed by atoms with Crippen LogP contribution < -0.4 is 15.7 Å². The van der Waals surface area contributed by atoms with E-state index < -0.39 is 0 Å². The molecule has 1 N–H and O–H groups in total. The number of hydrogen-bond acceptors (Lipinski definition) is 5. The first-order valence-corrected chi connectivity index (χ1v) is 11.0. The molecule has 0 spiro atoms. The second kappa shape index (κ2) is 8.32. The highest BCUT2D eigenvalue weighted by molar-refractivity contribution is 6.31. The van der Waals surface area contributed by atoms with E-state index in [0.29, 0.717) is 16.6 Å². The zero-order valence-electron chi connectivity index (χ0n) is 16.8. The van der Waals surface area contributed by atoms with Crippen molar-refractivity contribution in [2.75, 3.05) is 25.0 Å². The number of fused-ring (bicyclic) bond motifs is 2. The SMILES string of the molecule is O=c1cc(NC2CCCN(Cc3ccc4c(c3)CCO4)CC2)c2cc(Cl)ccc2o1. The summed E-state index contributed by atoms with van der Waals surface area (Å²) in [7, 11) is 0. The molecular weight excluding hydrogens is 400 g/mol. The lowest BCUT2D eigenvalue weighted by Crippen LogP contribution is -2.26. The summed E-state index contributed by atoms with van der Waals surface area (Å²) in [6.45, 7) is 3.86. The van der Waals surface area contributed by atoms with Gasteiger partial charge >= 0.3 is 5.63 Å². The van der Waals surface area contributed by atoms with Crippen LogP contribution in [0.1, 0.15) is 30.4 Å². The fourth-order valence-electron chi connectivity index (χ4n) is 4.53. The topological polar surface area (TPSA) is 54.7 Å². The summed E-state index contributed by atoms with van der Waals surface area (Å²) >= 11 is 6.17. The lowest BCUT2D eigenvalue weighted by Gasteiger charge is -2.21. The summed E-state index contributed by atoms with van der Waals surface area (Å²) in [4.78, 5) is 14.5. The molecule has 1 atom stereocenters. The lowest BCUT2D eigenvalue weighted by molar-refractivity contribution is 0.276. The van der Waals surface area contributed by atoms with Crippen molar-refractivity contribution >= 4 is 28.3 Å². The van der Waals surface area contributed by atoms with Crippen LogP contribution in [-0.2, 0) is 13.0 Å². The third-order valence-corrected chi connectivity index (χ3v) is 6.28. The van der Waals surface area contributed by atoms with E-state index in [9.17, 15) is 4.79 Å². The van der Waals surface area contributed by atoms with Crippen molar-refractivity contribution < 1.29 is 9.15 Å². The number of nitrogens with one attached hydrogen (secondary N) is 1. The van der Waals surface area contributed by atoms with Gasteiger partial charge in [-0.3, -0.25) is 4.90 Å². The van der Waals surface area contributed by atoms with Gasteiger partial charge in [-0.25, -0.2) is 4.79 Å². The molecule has 1 aromatic heterocycles. The lowest BCUT2D eigenvalue weighted by atomic mass is 10.1. The summed E-state index contributed by atoms with van der Waals surface area (Å²) < 4.78 is 10.9. The predicted molar refractivity (Wildman–Crippen MR) is 120 cm³/mol. The number of halogens is 1. The molecule has 5 nitrogen and oxygen atoms in total. The molecule has 1 fully saturated rings. The van der Waals surface area contributed by atoms with Gasteiger partial charge in [0, 0.05) is 42.0 Å². The monoisotopic (exact) mass is 424 g/mol. The molecular formula is C24H25ClN2O3. The third kappa shape index (κ3) is 4.18. The Bertz CT molecular complexity index is 1130. The molecule has 2 aliphatic heterocycles. The van der Waals surface area contributed by atoms with E-state index in [2.05, 4.69) is 28.4 Å². The molecule has 0 bridgehead atoms. The molecule has 1 saturated heterocycles. The van der Waals surface area contributed by atoms with Crippen molar-refractivity contribution in [1.29, 1.82) is 0 Å². The van der Waals surface area contributed by atoms with E-state index >= 15 is 0 Å². The van der Waals surface area contributed by atoms with Gasteiger partial charge in [0.15, 0.2) is 0 Å². The number of benzene rings is 2. The Hall–Kier alpha value is -2.50. The van der Waals surface area contributed by atoms with Gasteiger partial charge in [-0.2, -0.15) is 0 Å². The highest BCUT2D eigenvalue weighted by Crippen LogP contribution is 2.28. The zero-order valence-corrected chi connectivity index (χ0v) is 17.6. The molecule has 0 saturated carbocycles. The summed E-state index contributed by atoms with van der Waals surface area (Å²) in [5, 5.41) is 5.07. The van der Waals surface area contributed by atoms with Crippen molar-refractivity contribution in [2.24, 2.45) is 0 Å². The van der Waals surface area contributed by atoms with Crippen LogP contribution in [0.3, 0.4) is 0 Å². The smallest absolute Gasteiger partial charge is 0.338 e. The maximum Gasteiger partial charge on any atom is 0.338 e. The molecule has 3 heterocycles. The van der Waals surface area contributed by atoms with Crippen LogP contribution in [0.25, 0.3) is 11.0 Å². The summed E-state index contributed by atoms with van der Waals surface area (Å²) in [6, 6.07) is 13.8. The fourth-order valence-corrected chi connectivity index (χ4v) is 4.70. The van der Waals surface area contributed by atoms with E-state index in [-0.39, 0.29) is 5.63 Å². The minimum Gasteiger partial charge on any atom is -0.493 e. The molecule has 6 heteroatoms. The molecule has 2 aliphatic rings. The molecule has 2 aromatic carbocycles. The van der Waals surface area contributed by atoms with Crippen molar-refractivity contribution in [3.05, 3.63) is 69.0 Å². The first kappa shape index (κ1) is 19.5. The number of anilines is 1. The highest BCUT2D eigenvalue weighted by Gasteiger charge is 2.19. The molecule has 5 rings (SSSR count). The quantitative estimate of drug-likeness (QED) is 0.607. The Morgan fingerprint density at radius 3 is 2.97 bits per heavy atom. The second-order valence-corrected chi connectivity index (χ2v) is 8.64. The van der Waals surface area contributed by atoms with Crippen LogP contribution in [0.4, 0.5) is 5.69 Å².